The third kappa shape index (κ3) is 5.77. The number of anilines is 1. The van der Waals surface area contributed by atoms with E-state index >= 15 is 0 Å². The van der Waals surface area contributed by atoms with Crippen LogP contribution in [0.3, 0.4) is 0 Å². The Bertz CT molecular complexity index is 867. The van der Waals surface area contributed by atoms with Crippen LogP contribution in [0.5, 0.6) is 5.75 Å². The fourth-order valence-corrected chi connectivity index (χ4v) is 3.02. The highest BCUT2D eigenvalue weighted by atomic mass is 35.5. The molecule has 0 aliphatic carbocycles. The van der Waals surface area contributed by atoms with Crippen LogP contribution >= 0.6 is 11.6 Å². The lowest BCUT2D eigenvalue weighted by atomic mass is 10.0. The molecule has 0 unspecified atom stereocenters. The first-order chi connectivity index (χ1) is 13.9. The minimum atomic E-state index is -0.321. The summed E-state index contributed by atoms with van der Waals surface area (Å²) in [7, 11) is 1.56. The molecule has 8 heteroatoms. The van der Waals surface area contributed by atoms with Gasteiger partial charge in [-0.3, -0.25) is 0 Å². The Morgan fingerprint density at radius 3 is 2.55 bits per heavy atom. The van der Waals surface area contributed by atoms with Gasteiger partial charge in [-0.1, -0.05) is 23.7 Å². The number of aryl methyl sites for hydroxylation is 1. The summed E-state index contributed by atoms with van der Waals surface area (Å²) in [6.07, 6.45) is -0.321. The van der Waals surface area contributed by atoms with Crippen molar-refractivity contribution in [3.63, 3.8) is 0 Å². The molecule has 1 aliphatic rings. The summed E-state index contributed by atoms with van der Waals surface area (Å²) in [5.41, 5.74) is 2.55. The molecule has 1 fully saturated rings. The lowest BCUT2D eigenvalue weighted by molar-refractivity contribution is 0.0342. The number of urea groups is 1. The van der Waals surface area contributed by atoms with Crippen molar-refractivity contribution >= 4 is 29.4 Å². The molecule has 29 heavy (non-hydrogen) atoms. The van der Waals surface area contributed by atoms with E-state index in [0.717, 1.165) is 11.1 Å². The van der Waals surface area contributed by atoms with E-state index in [1.807, 2.05) is 19.1 Å². The normalized spacial score (nSPS) is 13.4. The van der Waals surface area contributed by atoms with E-state index in [1.54, 1.807) is 42.3 Å². The Morgan fingerprint density at radius 2 is 1.90 bits per heavy atom. The van der Waals surface area contributed by atoms with Crippen LogP contribution in [-0.4, -0.2) is 43.8 Å². The van der Waals surface area contributed by atoms with Crippen molar-refractivity contribution < 1.29 is 19.1 Å². The molecule has 0 atom stereocenters. The standard InChI is InChI=1S/C21H24ClN3O4/c1-14-9-15(3-8-19(14)22)12-29-21(27)25-10-16(11-25)13-28-18-6-4-17(5-7-18)24-20(26)23-2/h3-9,16H,10-13H2,1-2H3,(H2,23,24,26). The maximum Gasteiger partial charge on any atom is 0.410 e. The van der Waals surface area contributed by atoms with Gasteiger partial charge in [-0.2, -0.15) is 0 Å². The topological polar surface area (TPSA) is 79.9 Å². The van der Waals surface area contributed by atoms with Crippen LogP contribution in [0.15, 0.2) is 42.5 Å². The summed E-state index contributed by atoms with van der Waals surface area (Å²) in [5.74, 6) is 0.982. The summed E-state index contributed by atoms with van der Waals surface area (Å²) in [6, 6.07) is 12.4. The first kappa shape index (κ1) is 20.8. The Balaban J connectivity index is 1.35. The van der Waals surface area contributed by atoms with Crippen molar-refractivity contribution in [3.05, 3.63) is 58.6 Å². The molecular formula is C21H24ClN3O4. The average Bonchev–Trinajstić information content (AvgIpc) is 2.68. The summed E-state index contributed by atoms with van der Waals surface area (Å²) in [4.78, 5) is 25.0. The quantitative estimate of drug-likeness (QED) is 0.743. The van der Waals surface area contributed by atoms with Gasteiger partial charge in [-0.05, 0) is 48.4 Å². The fraction of sp³-hybridized carbons (Fsp3) is 0.333. The number of ether oxygens (including phenoxy) is 2. The maximum absolute atomic E-state index is 12.1. The molecule has 1 saturated heterocycles. The van der Waals surface area contributed by atoms with Crippen molar-refractivity contribution in [2.75, 3.05) is 32.1 Å². The maximum atomic E-state index is 12.1. The van der Waals surface area contributed by atoms with E-state index in [1.165, 1.54) is 0 Å². The monoisotopic (exact) mass is 417 g/mol. The van der Waals surface area contributed by atoms with Gasteiger partial charge in [-0.25, -0.2) is 9.59 Å². The fourth-order valence-electron chi connectivity index (χ4n) is 2.90. The summed E-state index contributed by atoms with van der Waals surface area (Å²) >= 11 is 6.00. The van der Waals surface area contributed by atoms with Crippen molar-refractivity contribution in [2.24, 2.45) is 5.92 Å². The molecule has 0 saturated carbocycles. The highest BCUT2D eigenvalue weighted by molar-refractivity contribution is 6.31. The molecule has 0 spiro atoms. The zero-order valence-corrected chi connectivity index (χ0v) is 17.2. The highest BCUT2D eigenvalue weighted by Crippen LogP contribution is 2.21. The van der Waals surface area contributed by atoms with Crippen LogP contribution in [-0.2, 0) is 11.3 Å². The second kappa shape index (κ2) is 9.52. The van der Waals surface area contributed by atoms with Gasteiger partial charge in [0.05, 0.1) is 6.61 Å². The third-order valence-electron chi connectivity index (χ3n) is 4.62. The highest BCUT2D eigenvalue weighted by Gasteiger charge is 2.32. The second-order valence-electron chi connectivity index (χ2n) is 6.95. The molecule has 154 valence electrons. The largest absolute Gasteiger partial charge is 0.493 e. The van der Waals surface area contributed by atoms with Crippen LogP contribution in [0.25, 0.3) is 0 Å². The molecule has 3 rings (SSSR count). The van der Waals surface area contributed by atoms with Crippen LogP contribution < -0.4 is 15.4 Å². The van der Waals surface area contributed by atoms with Crippen LogP contribution in [0.4, 0.5) is 15.3 Å². The van der Waals surface area contributed by atoms with Crippen LogP contribution in [0.1, 0.15) is 11.1 Å². The van der Waals surface area contributed by atoms with Gasteiger partial charge in [0, 0.05) is 36.8 Å². The number of hydrogen-bond acceptors (Lipinski definition) is 4. The Labute approximate surface area is 174 Å². The Kier molecular flexibility index (Phi) is 6.82. The van der Waals surface area contributed by atoms with Crippen molar-refractivity contribution in [2.45, 2.75) is 13.5 Å². The number of carbonyl (C=O) groups excluding carboxylic acids is 2. The molecule has 2 aromatic rings. The van der Waals surface area contributed by atoms with Gasteiger partial charge < -0.3 is 25.0 Å². The van der Waals surface area contributed by atoms with Gasteiger partial charge in [0.2, 0.25) is 0 Å². The van der Waals surface area contributed by atoms with E-state index in [-0.39, 0.29) is 24.6 Å². The molecule has 0 radical (unpaired) electrons. The number of carbonyl (C=O) groups is 2. The first-order valence-corrected chi connectivity index (χ1v) is 9.70. The molecule has 2 N–H and O–H groups in total. The van der Waals surface area contributed by atoms with Gasteiger partial charge in [0.1, 0.15) is 12.4 Å². The SMILES string of the molecule is CNC(=O)Nc1ccc(OCC2CN(C(=O)OCc3ccc(Cl)c(C)c3)C2)cc1. The van der Waals surface area contributed by atoms with Crippen molar-refractivity contribution in [1.82, 2.24) is 10.2 Å². The lowest BCUT2D eigenvalue weighted by Gasteiger charge is -2.37. The zero-order chi connectivity index (χ0) is 20.8. The number of hydrogen-bond donors (Lipinski definition) is 2. The number of likely N-dealkylation sites (tertiary alicyclic amines) is 1. The van der Waals surface area contributed by atoms with E-state index in [0.29, 0.717) is 36.2 Å². The first-order valence-electron chi connectivity index (χ1n) is 9.33. The number of benzene rings is 2. The van der Waals surface area contributed by atoms with Crippen molar-refractivity contribution in [3.8, 4) is 5.75 Å². The number of nitrogens with one attached hydrogen (secondary N) is 2. The van der Waals surface area contributed by atoms with Crippen LogP contribution in [0.2, 0.25) is 5.02 Å². The molecule has 1 aliphatic heterocycles. The molecule has 2 aromatic carbocycles. The second-order valence-corrected chi connectivity index (χ2v) is 7.36. The van der Waals surface area contributed by atoms with Crippen LogP contribution in [0, 0.1) is 12.8 Å². The third-order valence-corrected chi connectivity index (χ3v) is 5.05. The van der Waals surface area contributed by atoms with Gasteiger partial charge in [0.15, 0.2) is 0 Å². The lowest BCUT2D eigenvalue weighted by Crippen LogP contribution is -2.52. The summed E-state index contributed by atoms with van der Waals surface area (Å²) in [5, 5.41) is 5.87. The smallest absolute Gasteiger partial charge is 0.410 e. The molecule has 7 nitrogen and oxygen atoms in total. The Hall–Kier alpha value is -2.93. The van der Waals surface area contributed by atoms with Gasteiger partial charge >= 0.3 is 12.1 Å². The average molecular weight is 418 g/mol. The predicted octanol–water partition coefficient (Wildman–Crippen LogP) is 4.05. The number of amides is 3. The molecule has 1 heterocycles. The van der Waals surface area contributed by atoms with E-state index in [9.17, 15) is 9.59 Å². The zero-order valence-electron chi connectivity index (χ0n) is 16.4. The van der Waals surface area contributed by atoms with Crippen molar-refractivity contribution in [1.29, 1.82) is 0 Å². The van der Waals surface area contributed by atoms with Gasteiger partial charge in [-0.15, -0.1) is 0 Å². The number of rotatable bonds is 6. The van der Waals surface area contributed by atoms with Gasteiger partial charge in [0.25, 0.3) is 0 Å². The molecule has 0 bridgehead atoms. The Morgan fingerprint density at radius 1 is 1.17 bits per heavy atom. The number of halogens is 1. The number of nitrogens with zero attached hydrogens (tertiary/aromatic N) is 1. The molecule has 3 amide bonds. The molecular weight excluding hydrogens is 394 g/mol. The van der Waals surface area contributed by atoms with E-state index in [4.69, 9.17) is 21.1 Å². The summed E-state index contributed by atoms with van der Waals surface area (Å²) < 4.78 is 11.1. The minimum absolute atomic E-state index is 0.227. The minimum Gasteiger partial charge on any atom is -0.493 e. The predicted molar refractivity (Wildman–Crippen MR) is 111 cm³/mol. The summed E-state index contributed by atoms with van der Waals surface area (Å²) in [6.45, 7) is 3.87. The van der Waals surface area contributed by atoms with E-state index < -0.39 is 0 Å². The molecule has 0 aromatic heterocycles. The van der Waals surface area contributed by atoms with E-state index in [2.05, 4.69) is 10.6 Å².